The highest BCUT2D eigenvalue weighted by Crippen LogP contribution is 2.66. The first-order valence-electron chi connectivity index (χ1n) is 16.4. The van der Waals surface area contributed by atoms with Crippen molar-refractivity contribution in [3.8, 4) is 0 Å². The lowest BCUT2D eigenvalue weighted by Crippen LogP contribution is -2.58. The molecule has 3 heterocycles. The van der Waals surface area contributed by atoms with E-state index in [2.05, 4.69) is 170 Å². The van der Waals surface area contributed by atoms with E-state index in [1.54, 1.807) is 0 Å². The molecule has 3 rings (SSSR count). The van der Waals surface area contributed by atoms with Gasteiger partial charge in [0.15, 0.2) is 0 Å². The molecule has 3 fully saturated rings. The van der Waals surface area contributed by atoms with Crippen molar-refractivity contribution in [2.75, 3.05) is 145 Å². The van der Waals surface area contributed by atoms with E-state index in [0.29, 0.717) is 0 Å². The number of hydrogen-bond acceptors (Lipinski definition) is 10. The predicted octanol–water partition coefficient (Wildman–Crippen LogP) is 3.95. The van der Waals surface area contributed by atoms with Crippen molar-refractivity contribution in [1.82, 2.24) is 43.4 Å². The molecule has 0 amide bonds. The summed E-state index contributed by atoms with van der Waals surface area (Å²) >= 11 is 6.97. The summed E-state index contributed by atoms with van der Waals surface area (Å²) in [5, 5.41) is 0. The molecule has 0 radical (unpaired) electrons. The highest BCUT2D eigenvalue weighted by Gasteiger charge is 2.55. The summed E-state index contributed by atoms with van der Waals surface area (Å²) in [5.74, 6) is 0. The van der Waals surface area contributed by atoms with E-state index in [0.717, 1.165) is 54.1 Å². The monoisotopic (exact) mass is 750 g/mol. The molecule has 0 aromatic heterocycles. The van der Waals surface area contributed by atoms with Crippen LogP contribution in [0.1, 0.15) is 19.3 Å². The molecule has 17 heteroatoms. The fourth-order valence-corrected chi connectivity index (χ4v) is 20.1. The van der Waals surface area contributed by atoms with Crippen molar-refractivity contribution in [2.45, 2.75) is 36.3 Å². The van der Waals surface area contributed by atoms with Gasteiger partial charge in [0.05, 0.1) is 16.4 Å². The Morgan fingerprint density at radius 3 is 0.766 bits per heavy atom. The second-order valence-electron chi connectivity index (χ2n) is 14.8. The Kier molecular flexibility index (Phi) is 14.0. The molecule has 0 spiro atoms. The van der Waals surface area contributed by atoms with Gasteiger partial charge in [0, 0.05) is 24.2 Å². The van der Waals surface area contributed by atoms with Crippen LogP contribution in [0.2, 0.25) is 0 Å². The summed E-state index contributed by atoms with van der Waals surface area (Å²) in [4.78, 5) is 14.1. The van der Waals surface area contributed by atoms with E-state index in [9.17, 15) is 0 Å². The third kappa shape index (κ3) is 7.44. The van der Waals surface area contributed by atoms with Gasteiger partial charge in [-0.3, -0.25) is 43.4 Å². The first kappa shape index (κ1) is 42.0. The fraction of sp³-hybridized carbons (Fsp3) is 0.900. The Balaban J connectivity index is 2.60. The molecule has 0 aromatic rings. The van der Waals surface area contributed by atoms with Gasteiger partial charge in [-0.25, -0.2) is 14.3 Å². The lowest BCUT2D eigenvalue weighted by atomic mass is 10.1. The van der Waals surface area contributed by atoms with Crippen LogP contribution in [0, 0.1) is 0 Å². The fourth-order valence-electron chi connectivity index (χ4n) is 7.80. The van der Waals surface area contributed by atoms with Crippen LogP contribution in [0.15, 0.2) is 14.3 Å². The van der Waals surface area contributed by atoms with Crippen molar-refractivity contribution in [3.05, 3.63) is 0 Å². The van der Waals surface area contributed by atoms with Gasteiger partial charge in [-0.15, -0.1) is 0 Å². The maximum Gasteiger partial charge on any atom is 0.276 e. The van der Waals surface area contributed by atoms with Gasteiger partial charge < -0.3 is 0 Å². The molecule has 3 atom stereocenters. The summed E-state index contributed by atoms with van der Waals surface area (Å²) < 4.78 is 24.7. The Morgan fingerprint density at radius 1 is 0.426 bits per heavy atom. The summed E-state index contributed by atoms with van der Waals surface area (Å²) in [6.07, 6.45) is 6.16. The van der Waals surface area contributed by atoms with Crippen LogP contribution in [-0.4, -0.2) is 222 Å². The van der Waals surface area contributed by atoms with Crippen LogP contribution in [-0.2, 0) is 11.8 Å². The molecule has 0 bridgehead atoms. The summed E-state index contributed by atoms with van der Waals surface area (Å²) in [5.41, 5.74) is 2.40. The van der Waals surface area contributed by atoms with Crippen molar-refractivity contribution < 1.29 is 0 Å². The minimum Gasteiger partial charge on any atom is -0.286 e. The molecule has 12 nitrogen and oxygen atoms in total. The van der Waals surface area contributed by atoms with E-state index >= 15 is 0 Å². The smallest absolute Gasteiger partial charge is 0.276 e. The van der Waals surface area contributed by atoms with Gasteiger partial charge >= 0.3 is 0 Å². The Bertz CT molecular complexity index is 1080. The third-order valence-electron chi connectivity index (χ3n) is 10.4. The molecule has 3 aliphatic rings. The second kappa shape index (κ2) is 15.7. The van der Waals surface area contributed by atoms with Crippen LogP contribution in [0.5, 0.6) is 0 Å². The molecule has 272 valence electrons. The molecular formula is C30H66N12P4S. The van der Waals surface area contributed by atoms with Crippen LogP contribution in [0.25, 0.3) is 0 Å². The minimum atomic E-state index is -3.17. The van der Waals surface area contributed by atoms with E-state index in [4.69, 9.17) is 26.1 Å². The Hall–Kier alpha value is 0.590. The normalized spacial score (nSPS) is 30.1. The van der Waals surface area contributed by atoms with Crippen LogP contribution in [0.3, 0.4) is 0 Å². The average molecular weight is 751 g/mol. The average Bonchev–Trinajstić information content (AvgIpc) is 3.61. The van der Waals surface area contributed by atoms with Gasteiger partial charge in [-0.2, -0.15) is 0 Å². The maximum atomic E-state index is 6.97. The lowest BCUT2D eigenvalue weighted by Gasteiger charge is -2.45. The van der Waals surface area contributed by atoms with E-state index in [1.165, 1.54) is 0 Å². The minimum absolute atomic E-state index is 0.356. The topological polar surface area (TPSA) is 66.2 Å². The molecule has 3 aliphatic heterocycles. The molecule has 0 saturated carbocycles. The first-order chi connectivity index (χ1) is 21.6. The van der Waals surface area contributed by atoms with Crippen molar-refractivity contribution in [1.29, 1.82) is 0 Å². The SMILES string of the molecule is CN(C)P1CCC(N(C)C)(N(C)C)C1=NP(=S)(N=C1P(N(C)C)CCC1(N(C)C)N(C)C)N=C1P(N(C)C)CCC1(N(C)C)N(C)C. The Morgan fingerprint density at radius 2 is 0.617 bits per heavy atom. The van der Waals surface area contributed by atoms with Gasteiger partial charge in [-0.05, 0) is 176 Å². The van der Waals surface area contributed by atoms with Crippen molar-refractivity contribution in [2.24, 2.45) is 14.3 Å². The third-order valence-corrected chi connectivity index (χ3v) is 20.7. The van der Waals surface area contributed by atoms with Crippen LogP contribution in [0.4, 0.5) is 0 Å². The van der Waals surface area contributed by atoms with Gasteiger partial charge in [-0.1, -0.05) is 0 Å². The molecule has 3 unspecified atom stereocenters. The zero-order valence-electron chi connectivity index (χ0n) is 32.8. The summed E-state index contributed by atoms with van der Waals surface area (Å²) in [7, 11) is 37.3. The molecule has 0 aromatic carbocycles. The van der Waals surface area contributed by atoms with Gasteiger partial charge in [0.2, 0.25) is 0 Å². The summed E-state index contributed by atoms with van der Waals surface area (Å²) in [6, 6.07) is 0. The molecule has 47 heavy (non-hydrogen) atoms. The zero-order chi connectivity index (χ0) is 36.0. The van der Waals surface area contributed by atoms with Crippen molar-refractivity contribution in [3.63, 3.8) is 0 Å². The largest absolute Gasteiger partial charge is 0.286 e. The number of hydrogen-bond donors (Lipinski definition) is 0. The quantitative estimate of drug-likeness (QED) is 0.217. The predicted molar refractivity (Wildman–Crippen MR) is 217 cm³/mol. The highest BCUT2D eigenvalue weighted by atomic mass is 32.4. The van der Waals surface area contributed by atoms with Crippen molar-refractivity contribution >= 4 is 58.9 Å². The van der Waals surface area contributed by atoms with Crippen LogP contribution < -0.4 is 0 Å². The molecule has 0 N–H and O–H groups in total. The maximum absolute atomic E-state index is 6.97. The standard InChI is InChI=1S/C30H66N12P4S/c1-34(2)28(35(3)4)19-22-43(40(13)14)25(28)31-46(47,32-26-29(36(5)6,37(7)8)20-23-44(26)41(15)16)33-27-30(38(9)10,39(11)12)21-24-45(27)42(17)18/h19-24H2,1-18H3. The van der Waals surface area contributed by atoms with E-state index in [1.807, 2.05) is 0 Å². The number of nitrogens with zero attached hydrogens (tertiary/aromatic N) is 12. The number of rotatable bonds is 12. The second-order valence-corrected chi connectivity index (χ2v) is 25.3. The highest BCUT2D eigenvalue weighted by molar-refractivity contribution is 8.13. The van der Waals surface area contributed by atoms with Gasteiger partial charge in [0.1, 0.15) is 17.0 Å². The van der Waals surface area contributed by atoms with E-state index < -0.39 is 30.7 Å². The van der Waals surface area contributed by atoms with E-state index in [-0.39, 0.29) is 17.0 Å². The molecule has 3 saturated heterocycles. The Labute approximate surface area is 297 Å². The van der Waals surface area contributed by atoms with Crippen LogP contribution >= 0.6 is 30.7 Å². The first-order valence-corrected chi connectivity index (χ1v) is 23.5. The van der Waals surface area contributed by atoms with Gasteiger partial charge in [0.25, 0.3) is 6.49 Å². The summed E-state index contributed by atoms with van der Waals surface area (Å²) in [6.45, 7) is -3.17. The lowest BCUT2D eigenvalue weighted by molar-refractivity contribution is 0.0732. The molecular weight excluding hydrogens is 684 g/mol. The molecule has 0 aliphatic carbocycles. The zero-order valence-corrected chi connectivity index (χ0v) is 37.2.